The molecule has 0 unspecified atom stereocenters. The third-order valence-corrected chi connectivity index (χ3v) is 5.79. The Morgan fingerprint density at radius 3 is 2.37 bits per heavy atom. The number of guanidine groups is 1. The van der Waals surface area contributed by atoms with Crippen LogP contribution in [0.2, 0.25) is 0 Å². The lowest BCUT2D eigenvalue weighted by Crippen LogP contribution is -2.55. The average Bonchev–Trinajstić information content (AvgIpc) is 3.13. The number of nitrogens with one attached hydrogen (secondary N) is 1. The first-order valence-electron chi connectivity index (χ1n) is 10.4. The number of amides is 1. The molecule has 3 aliphatic rings. The van der Waals surface area contributed by atoms with Gasteiger partial charge in [0.1, 0.15) is 0 Å². The number of hydrogen-bond donors (Lipinski definition) is 2. The summed E-state index contributed by atoms with van der Waals surface area (Å²) in [6.07, 6.45) is 3.90. The molecular formula is C19H35N5O3. The highest BCUT2D eigenvalue weighted by atomic mass is 16.5. The highest BCUT2D eigenvalue weighted by Gasteiger charge is 2.31. The highest BCUT2D eigenvalue weighted by molar-refractivity contribution is 5.80. The molecule has 1 aliphatic carbocycles. The highest BCUT2D eigenvalue weighted by Crippen LogP contribution is 2.29. The smallest absolute Gasteiger partial charge is 0.236 e. The third kappa shape index (κ3) is 5.80. The molecule has 0 bridgehead atoms. The van der Waals surface area contributed by atoms with E-state index in [4.69, 9.17) is 9.73 Å². The summed E-state index contributed by atoms with van der Waals surface area (Å²) in [5, 5.41) is 13.9. The number of aliphatic imine (C=N–C) groups is 1. The summed E-state index contributed by atoms with van der Waals surface area (Å²) in [5.74, 6) is 1.09. The van der Waals surface area contributed by atoms with Crippen molar-refractivity contribution in [1.29, 1.82) is 0 Å². The van der Waals surface area contributed by atoms with Gasteiger partial charge in [0.25, 0.3) is 0 Å². The largest absolute Gasteiger partial charge is 0.388 e. The van der Waals surface area contributed by atoms with Crippen LogP contribution < -0.4 is 5.32 Å². The Balaban J connectivity index is 1.47. The number of carbonyl (C=O) groups excluding carboxylic acids is 1. The molecule has 0 radical (unpaired) electrons. The first-order chi connectivity index (χ1) is 13.1. The fourth-order valence-corrected chi connectivity index (χ4v) is 4.06. The SMILES string of the molecule is CCNC(=NCC1(O)CCCC1)N1CCN(CC(=O)N2CCOCC2)CC1. The molecule has 2 saturated heterocycles. The zero-order valence-electron chi connectivity index (χ0n) is 16.7. The summed E-state index contributed by atoms with van der Waals surface area (Å²) in [6, 6.07) is 0. The Hall–Kier alpha value is -1.38. The summed E-state index contributed by atoms with van der Waals surface area (Å²) in [6.45, 7) is 9.95. The van der Waals surface area contributed by atoms with Gasteiger partial charge in [0.05, 0.1) is 31.9 Å². The average molecular weight is 382 g/mol. The van der Waals surface area contributed by atoms with Crippen LogP contribution in [0.25, 0.3) is 0 Å². The molecule has 3 fully saturated rings. The normalized spacial score (nSPS) is 24.3. The van der Waals surface area contributed by atoms with Crippen molar-refractivity contribution >= 4 is 11.9 Å². The maximum Gasteiger partial charge on any atom is 0.236 e. The van der Waals surface area contributed by atoms with E-state index in [9.17, 15) is 9.90 Å². The third-order valence-electron chi connectivity index (χ3n) is 5.79. The molecule has 0 aromatic heterocycles. The van der Waals surface area contributed by atoms with Crippen LogP contribution in [0.4, 0.5) is 0 Å². The number of ether oxygens (including phenoxy) is 1. The summed E-state index contributed by atoms with van der Waals surface area (Å²) < 4.78 is 5.32. The van der Waals surface area contributed by atoms with Gasteiger partial charge in [0.15, 0.2) is 5.96 Å². The van der Waals surface area contributed by atoms with E-state index in [-0.39, 0.29) is 5.91 Å². The second-order valence-electron chi connectivity index (χ2n) is 7.86. The number of carbonyl (C=O) groups is 1. The molecule has 8 nitrogen and oxygen atoms in total. The molecule has 0 spiro atoms. The lowest BCUT2D eigenvalue weighted by molar-refractivity contribution is -0.136. The van der Waals surface area contributed by atoms with Crippen LogP contribution in [0.15, 0.2) is 4.99 Å². The molecule has 8 heteroatoms. The molecule has 27 heavy (non-hydrogen) atoms. The zero-order chi connectivity index (χ0) is 19.1. The van der Waals surface area contributed by atoms with E-state index in [0.29, 0.717) is 39.4 Å². The van der Waals surface area contributed by atoms with Gasteiger partial charge in [-0.15, -0.1) is 0 Å². The molecule has 154 valence electrons. The molecular weight excluding hydrogens is 346 g/mol. The number of piperazine rings is 1. The van der Waals surface area contributed by atoms with Crippen LogP contribution in [-0.2, 0) is 9.53 Å². The van der Waals surface area contributed by atoms with Gasteiger partial charge >= 0.3 is 0 Å². The minimum Gasteiger partial charge on any atom is -0.388 e. The van der Waals surface area contributed by atoms with Crippen LogP contribution in [0.1, 0.15) is 32.6 Å². The van der Waals surface area contributed by atoms with Crippen LogP contribution in [0.3, 0.4) is 0 Å². The van der Waals surface area contributed by atoms with Gasteiger partial charge in [-0.3, -0.25) is 14.7 Å². The number of nitrogens with zero attached hydrogens (tertiary/aromatic N) is 4. The fourth-order valence-electron chi connectivity index (χ4n) is 4.06. The Kier molecular flexibility index (Phi) is 7.32. The van der Waals surface area contributed by atoms with Crippen LogP contribution >= 0.6 is 0 Å². The minimum absolute atomic E-state index is 0.204. The first-order valence-corrected chi connectivity index (χ1v) is 10.4. The predicted octanol–water partition coefficient (Wildman–Crippen LogP) is -0.267. The number of morpholine rings is 1. The van der Waals surface area contributed by atoms with Crippen molar-refractivity contribution in [2.75, 3.05) is 72.1 Å². The van der Waals surface area contributed by atoms with E-state index < -0.39 is 5.60 Å². The summed E-state index contributed by atoms with van der Waals surface area (Å²) in [4.78, 5) is 23.5. The van der Waals surface area contributed by atoms with Gasteiger partial charge in [0.2, 0.25) is 5.91 Å². The lowest BCUT2D eigenvalue weighted by Gasteiger charge is -2.37. The van der Waals surface area contributed by atoms with Gasteiger partial charge in [0, 0.05) is 45.8 Å². The molecule has 0 atom stereocenters. The van der Waals surface area contributed by atoms with Crippen molar-refractivity contribution in [2.24, 2.45) is 4.99 Å². The van der Waals surface area contributed by atoms with Gasteiger partial charge in [-0.25, -0.2) is 0 Å². The van der Waals surface area contributed by atoms with Crippen molar-refractivity contribution in [3.63, 3.8) is 0 Å². The van der Waals surface area contributed by atoms with E-state index in [1.54, 1.807) is 0 Å². The summed E-state index contributed by atoms with van der Waals surface area (Å²) in [7, 11) is 0. The maximum absolute atomic E-state index is 12.4. The van der Waals surface area contributed by atoms with Crippen molar-refractivity contribution in [3.8, 4) is 0 Å². The van der Waals surface area contributed by atoms with E-state index in [1.807, 2.05) is 4.90 Å². The number of rotatable bonds is 5. The maximum atomic E-state index is 12.4. The molecule has 1 amide bonds. The van der Waals surface area contributed by atoms with E-state index in [2.05, 4.69) is 22.0 Å². The zero-order valence-corrected chi connectivity index (χ0v) is 16.7. The van der Waals surface area contributed by atoms with Gasteiger partial charge in [-0.1, -0.05) is 12.8 Å². The Morgan fingerprint density at radius 2 is 1.74 bits per heavy atom. The topological polar surface area (TPSA) is 80.6 Å². The minimum atomic E-state index is -0.618. The van der Waals surface area contributed by atoms with E-state index in [0.717, 1.165) is 64.4 Å². The monoisotopic (exact) mass is 381 g/mol. The molecule has 2 heterocycles. The molecule has 2 aliphatic heterocycles. The van der Waals surface area contributed by atoms with Crippen molar-refractivity contribution in [1.82, 2.24) is 20.0 Å². The van der Waals surface area contributed by atoms with Crippen LogP contribution in [0.5, 0.6) is 0 Å². The first kappa shape index (κ1) is 20.4. The standard InChI is InChI=1S/C19H35N5O3/c1-2-20-18(21-16-19(26)5-3-4-6-19)24-9-7-22(8-10-24)15-17(25)23-11-13-27-14-12-23/h26H,2-16H2,1H3,(H,20,21). The molecule has 2 N–H and O–H groups in total. The van der Waals surface area contributed by atoms with Gasteiger partial charge in [-0.05, 0) is 19.8 Å². The molecule has 0 aromatic carbocycles. The van der Waals surface area contributed by atoms with Gasteiger partial charge < -0.3 is 25.0 Å². The second kappa shape index (κ2) is 9.71. The fraction of sp³-hybridized carbons (Fsp3) is 0.895. The molecule has 0 aromatic rings. The Bertz CT molecular complexity index is 507. The number of aliphatic hydroxyl groups is 1. The van der Waals surface area contributed by atoms with E-state index >= 15 is 0 Å². The lowest BCUT2D eigenvalue weighted by atomic mass is 10.0. The Labute approximate surface area is 162 Å². The number of hydrogen-bond acceptors (Lipinski definition) is 5. The van der Waals surface area contributed by atoms with Crippen molar-refractivity contribution in [2.45, 2.75) is 38.2 Å². The van der Waals surface area contributed by atoms with Crippen LogP contribution in [-0.4, -0.2) is 109 Å². The Morgan fingerprint density at radius 1 is 1.07 bits per heavy atom. The summed E-state index contributed by atoms with van der Waals surface area (Å²) in [5.41, 5.74) is -0.618. The van der Waals surface area contributed by atoms with Crippen molar-refractivity contribution < 1.29 is 14.6 Å². The van der Waals surface area contributed by atoms with Crippen LogP contribution in [0, 0.1) is 0 Å². The van der Waals surface area contributed by atoms with Gasteiger partial charge in [-0.2, -0.15) is 0 Å². The van der Waals surface area contributed by atoms with E-state index in [1.165, 1.54) is 0 Å². The molecule has 1 saturated carbocycles. The molecule has 3 rings (SSSR count). The second-order valence-corrected chi connectivity index (χ2v) is 7.86. The summed E-state index contributed by atoms with van der Waals surface area (Å²) >= 11 is 0. The quantitative estimate of drug-likeness (QED) is 0.504. The van der Waals surface area contributed by atoms with Crippen molar-refractivity contribution in [3.05, 3.63) is 0 Å². The predicted molar refractivity (Wildman–Crippen MR) is 105 cm³/mol.